The molecule has 0 bridgehead atoms. The Labute approximate surface area is 128 Å². The van der Waals surface area contributed by atoms with E-state index in [0.717, 1.165) is 11.1 Å². The van der Waals surface area contributed by atoms with E-state index in [1.165, 1.54) is 6.07 Å². The molecule has 2 N–H and O–H groups in total. The fourth-order valence-electron chi connectivity index (χ4n) is 2.49. The van der Waals surface area contributed by atoms with Crippen molar-refractivity contribution in [3.05, 3.63) is 42.0 Å². The quantitative estimate of drug-likeness (QED) is 0.898. The molecule has 0 spiro atoms. The fourth-order valence-corrected chi connectivity index (χ4v) is 3.76. The standard InChI is InChI=1S/C15H15NO5S/c1-20-10-4-5-11(13(8-10)21-2)9-3-6-14-12(7-9)15(17)16-22(14,18)19/h3-8,15-17H,1-2H3. The molecule has 1 aliphatic heterocycles. The minimum absolute atomic E-state index is 0.0937. The van der Waals surface area contributed by atoms with Gasteiger partial charge >= 0.3 is 0 Å². The Bertz CT molecular complexity index is 832. The molecule has 3 rings (SSSR count). The van der Waals surface area contributed by atoms with Crippen LogP contribution < -0.4 is 14.2 Å². The van der Waals surface area contributed by atoms with E-state index < -0.39 is 16.3 Å². The van der Waals surface area contributed by atoms with Gasteiger partial charge in [-0.15, -0.1) is 0 Å². The Morgan fingerprint density at radius 2 is 1.86 bits per heavy atom. The Hall–Kier alpha value is -2.09. The summed E-state index contributed by atoms with van der Waals surface area (Å²) in [6.07, 6.45) is -1.23. The topological polar surface area (TPSA) is 84.9 Å². The second-order valence-electron chi connectivity index (χ2n) is 4.84. The number of aliphatic hydroxyl groups excluding tert-OH is 1. The second-order valence-corrected chi connectivity index (χ2v) is 6.53. The highest BCUT2D eigenvalue weighted by atomic mass is 32.2. The molecule has 1 aliphatic rings. The smallest absolute Gasteiger partial charge is 0.243 e. The van der Waals surface area contributed by atoms with Crippen LogP contribution in [0.2, 0.25) is 0 Å². The zero-order valence-corrected chi connectivity index (χ0v) is 12.8. The predicted molar refractivity (Wildman–Crippen MR) is 80.3 cm³/mol. The molecule has 7 heteroatoms. The number of hydrogen-bond acceptors (Lipinski definition) is 5. The van der Waals surface area contributed by atoms with Crippen molar-refractivity contribution in [1.29, 1.82) is 0 Å². The third-order valence-corrected chi connectivity index (χ3v) is 5.06. The van der Waals surface area contributed by atoms with E-state index in [-0.39, 0.29) is 4.90 Å². The summed E-state index contributed by atoms with van der Waals surface area (Å²) in [5.74, 6) is 1.26. The highest BCUT2D eigenvalue weighted by Crippen LogP contribution is 2.37. The maximum Gasteiger partial charge on any atom is 0.243 e. The Balaban J connectivity index is 2.14. The maximum absolute atomic E-state index is 11.8. The van der Waals surface area contributed by atoms with Crippen LogP contribution in [0.5, 0.6) is 11.5 Å². The molecule has 22 heavy (non-hydrogen) atoms. The molecule has 1 unspecified atom stereocenters. The summed E-state index contributed by atoms with van der Waals surface area (Å²) >= 11 is 0. The first-order chi connectivity index (χ1) is 10.5. The molecular formula is C15H15NO5S. The molecule has 0 aromatic heterocycles. The summed E-state index contributed by atoms with van der Waals surface area (Å²) in [5, 5.41) is 9.86. The van der Waals surface area contributed by atoms with Gasteiger partial charge in [-0.2, -0.15) is 4.72 Å². The summed E-state index contributed by atoms with van der Waals surface area (Å²) < 4.78 is 36.3. The highest BCUT2D eigenvalue weighted by molar-refractivity contribution is 7.89. The van der Waals surface area contributed by atoms with Crippen molar-refractivity contribution in [2.75, 3.05) is 14.2 Å². The first kappa shape index (κ1) is 14.8. The normalized spacial score (nSPS) is 18.8. The third kappa shape index (κ3) is 2.33. The molecule has 2 aromatic carbocycles. The lowest BCUT2D eigenvalue weighted by molar-refractivity contribution is 0.170. The summed E-state index contributed by atoms with van der Waals surface area (Å²) in [6.45, 7) is 0. The van der Waals surface area contributed by atoms with E-state index in [1.54, 1.807) is 38.5 Å². The van der Waals surface area contributed by atoms with E-state index in [0.29, 0.717) is 17.1 Å². The monoisotopic (exact) mass is 321 g/mol. The Kier molecular flexibility index (Phi) is 3.56. The van der Waals surface area contributed by atoms with Crippen LogP contribution in [0.3, 0.4) is 0 Å². The number of ether oxygens (including phenoxy) is 2. The van der Waals surface area contributed by atoms with E-state index in [4.69, 9.17) is 9.47 Å². The fraction of sp³-hybridized carbons (Fsp3) is 0.200. The molecular weight excluding hydrogens is 306 g/mol. The van der Waals surface area contributed by atoms with Gasteiger partial charge in [0.25, 0.3) is 0 Å². The number of nitrogens with one attached hydrogen (secondary N) is 1. The molecule has 0 aliphatic carbocycles. The van der Waals surface area contributed by atoms with Gasteiger partial charge in [0, 0.05) is 17.2 Å². The summed E-state index contributed by atoms with van der Waals surface area (Å²) in [5.41, 5.74) is 1.86. The van der Waals surface area contributed by atoms with E-state index in [1.807, 2.05) is 6.07 Å². The molecule has 0 saturated carbocycles. The minimum Gasteiger partial charge on any atom is -0.497 e. The lowest BCUT2D eigenvalue weighted by Crippen LogP contribution is -2.18. The largest absolute Gasteiger partial charge is 0.497 e. The minimum atomic E-state index is -3.63. The van der Waals surface area contributed by atoms with Gasteiger partial charge in [0.1, 0.15) is 17.7 Å². The van der Waals surface area contributed by atoms with E-state index in [9.17, 15) is 13.5 Å². The number of hydrogen-bond donors (Lipinski definition) is 2. The van der Waals surface area contributed by atoms with Crippen molar-refractivity contribution in [2.45, 2.75) is 11.1 Å². The van der Waals surface area contributed by atoms with Gasteiger partial charge in [-0.3, -0.25) is 0 Å². The van der Waals surface area contributed by atoms with Gasteiger partial charge in [0.05, 0.1) is 19.1 Å². The van der Waals surface area contributed by atoms with Gasteiger partial charge in [0.2, 0.25) is 10.0 Å². The van der Waals surface area contributed by atoms with Crippen molar-refractivity contribution in [1.82, 2.24) is 4.72 Å². The van der Waals surface area contributed by atoms with Crippen LogP contribution in [-0.4, -0.2) is 27.7 Å². The number of rotatable bonds is 3. The Morgan fingerprint density at radius 3 is 2.55 bits per heavy atom. The summed E-state index contributed by atoms with van der Waals surface area (Å²) in [6, 6.07) is 10.2. The predicted octanol–water partition coefficient (Wildman–Crippen LogP) is 1.65. The summed E-state index contributed by atoms with van der Waals surface area (Å²) in [7, 11) is -0.517. The maximum atomic E-state index is 11.8. The average Bonchev–Trinajstić information content (AvgIpc) is 2.75. The van der Waals surface area contributed by atoms with Crippen LogP contribution >= 0.6 is 0 Å². The first-order valence-electron chi connectivity index (χ1n) is 6.53. The van der Waals surface area contributed by atoms with Crippen molar-refractivity contribution in [3.8, 4) is 22.6 Å². The molecule has 0 amide bonds. The lowest BCUT2D eigenvalue weighted by Gasteiger charge is -2.12. The summed E-state index contributed by atoms with van der Waals surface area (Å²) in [4.78, 5) is 0.0937. The molecule has 0 saturated heterocycles. The van der Waals surface area contributed by atoms with Gasteiger partial charge < -0.3 is 14.6 Å². The molecule has 1 heterocycles. The number of fused-ring (bicyclic) bond motifs is 1. The molecule has 116 valence electrons. The number of aliphatic hydroxyl groups is 1. The van der Waals surface area contributed by atoms with Crippen LogP contribution in [0.15, 0.2) is 41.3 Å². The van der Waals surface area contributed by atoms with Gasteiger partial charge in [-0.25, -0.2) is 8.42 Å². The van der Waals surface area contributed by atoms with Crippen molar-refractivity contribution in [2.24, 2.45) is 0 Å². The average molecular weight is 321 g/mol. The van der Waals surface area contributed by atoms with Crippen molar-refractivity contribution in [3.63, 3.8) is 0 Å². The molecule has 6 nitrogen and oxygen atoms in total. The lowest BCUT2D eigenvalue weighted by atomic mass is 10.0. The zero-order chi connectivity index (χ0) is 15.9. The van der Waals surface area contributed by atoms with Crippen molar-refractivity contribution >= 4 is 10.0 Å². The highest BCUT2D eigenvalue weighted by Gasteiger charge is 2.32. The molecule has 0 fully saturated rings. The van der Waals surface area contributed by atoms with Gasteiger partial charge in [0.15, 0.2) is 0 Å². The first-order valence-corrected chi connectivity index (χ1v) is 8.01. The number of sulfonamides is 1. The van der Waals surface area contributed by atoms with E-state index >= 15 is 0 Å². The second kappa shape index (κ2) is 5.28. The van der Waals surface area contributed by atoms with Crippen LogP contribution in [0.1, 0.15) is 11.8 Å². The third-order valence-electron chi connectivity index (χ3n) is 3.58. The zero-order valence-electron chi connectivity index (χ0n) is 12.0. The van der Waals surface area contributed by atoms with Crippen LogP contribution in [0.25, 0.3) is 11.1 Å². The van der Waals surface area contributed by atoms with E-state index in [2.05, 4.69) is 4.72 Å². The van der Waals surface area contributed by atoms with Crippen molar-refractivity contribution < 1.29 is 23.0 Å². The number of benzene rings is 2. The molecule has 0 radical (unpaired) electrons. The van der Waals surface area contributed by atoms with Crippen LogP contribution in [-0.2, 0) is 10.0 Å². The van der Waals surface area contributed by atoms with Gasteiger partial charge in [-0.05, 0) is 29.8 Å². The van der Waals surface area contributed by atoms with Crippen LogP contribution in [0, 0.1) is 0 Å². The molecule has 2 aromatic rings. The molecule has 1 atom stereocenters. The SMILES string of the molecule is COc1ccc(-c2ccc3c(c2)C(O)NS3(=O)=O)c(OC)c1. The number of methoxy groups -OCH3 is 2. The Morgan fingerprint density at radius 1 is 1.09 bits per heavy atom. The van der Waals surface area contributed by atoms with Crippen LogP contribution in [0.4, 0.5) is 0 Å². The van der Waals surface area contributed by atoms with Gasteiger partial charge in [-0.1, -0.05) is 6.07 Å².